The normalized spacial score (nSPS) is 14.2. The lowest BCUT2D eigenvalue weighted by molar-refractivity contribution is -0.122. The van der Waals surface area contributed by atoms with Crippen LogP contribution in [0.4, 0.5) is 10.5 Å². The molecule has 1 fully saturated rings. The molecule has 2 N–H and O–H groups in total. The summed E-state index contributed by atoms with van der Waals surface area (Å²) in [5, 5.41) is 6.48. The van der Waals surface area contributed by atoms with Crippen molar-refractivity contribution in [3.8, 4) is 5.75 Å². The molecule has 0 saturated carbocycles. The molecule has 31 heavy (non-hydrogen) atoms. The fraction of sp³-hybridized carbons (Fsp3) is 0.417. The van der Waals surface area contributed by atoms with Crippen LogP contribution in [0.25, 0.3) is 0 Å². The fourth-order valence-corrected chi connectivity index (χ4v) is 3.90. The molecular formula is C24H30ClN3O3. The number of benzene rings is 2. The summed E-state index contributed by atoms with van der Waals surface area (Å²) >= 11 is 5.96. The Morgan fingerprint density at radius 3 is 2.55 bits per heavy atom. The van der Waals surface area contributed by atoms with E-state index in [9.17, 15) is 9.59 Å². The van der Waals surface area contributed by atoms with Crippen LogP contribution in [-0.4, -0.2) is 43.1 Å². The first kappa shape index (κ1) is 22.9. The Kier molecular flexibility index (Phi) is 8.59. The van der Waals surface area contributed by atoms with Gasteiger partial charge in [-0.25, -0.2) is 4.79 Å². The van der Waals surface area contributed by atoms with Crippen LogP contribution in [0, 0.1) is 5.92 Å². The molecule has 0 atom stereocenters. The molecule has 2 aromatic carbocycles. The van der Waals surface area contributed by atoms with Crippen molar-refractivity contribution >= 4 is 29.2 Å². The Morgan fingerprint density at radius 1 is 1.13 bits per heavy atom. The van der Waals surface area contributed by atoms with Crippen molar-refractivity contribution < 1.29 is 14.3 Å². The van der Waals surface area contributed by atoms with Gasteiger partial charge >= 0.3 is 6.03 Å². The highest BCUT2D eigenvalue weighted by Crippen LogP contribution is 2.22. The van der Waals surface area contributed by atoms with E-state index >= 15 is 0 Å². The molecule has 0 unspecified atom stereocenters. The number of amides is 3. The highest BCUT2D eigenvalue weighted by molar-refractivity contribution is 6.30. The van der Waals surface area contributed by atoms with Gasteiger partial charge in [-0.1, -0.05) is 29.8 Å². The number of hydrogen-bond acceptors (Lipinski definition) is 3. The monoisotopic (exact) mass is 443 g/mol. The van der Waals surface area contributed by atoms with Crippen molar-refractivity contribution in [2.75, 3.05) is 31.6 Å². The number of halogens is 1. The van der Waals surface area contributed by atoms with Gasteiger partial charge in [0, 0.05) is 36.8 Å². The van der Waals surface area contributed by atoms with Crippen LogP contribution in [0.1, 0.15) is 31.7 Å². The zero-order valence-electron chi connectivity index (χ0n) is 17.9. The number of anilines is 1. The Hall–Kier alpha value is -2.73. The van der Waals surface area contributed by atoms with Crippen LogP contribution in [0.5, 0.6) is 5.75 Å². The van der Waals surface area contributed by atoms with Crippen molar-refractivity contribution in [2.24, 2.45) is 5.92 Å². The predicted octanol–water partition coefficient (Wildman–Crippen LogP) is 4.73. The van der Waals surface area contributed by atoms with Gasteiger partial charge in [0.25, 0.3) is 0 Å². The van der Waals surface area contributed by atoms with Gasteiger partial charge in [0.05, 0.1) is 6.61 Å². The van der Waals surface area contributed by atoms with Crippen LogP contribution in [0.2, 0.25) is 5.02 Å². The van der Waals surface area contributed by atoms with Crippen LogP contribution in [-0.2, 0) is 11.2 Å². The minimum atomic E-state index is -0.125. The lowest BCUT2D eigenvalue weighted by atomic mass is 9.93. The molecule has 1 aliphatic heterocycles. The van der Waals surface area contributed by atoms with Crippen molar-refractivity contribution in [3.05, 3.63) is 59.1 Å². The van der Waals surface area contributed by atoms with Gasteiger partial charge in [0.15, 0.2) is 0 Å². The van der Waals surface area contributed by atoms with Crippen molar-refractivity contribution in [1.29, 1.82) is 0 Å². The number of likely N-dealkylation sites (tertiary alicyclic amines) is 1. The van der Waals surface area contributed by atoms with Gasteiger partial charge < -0.3 is 20.3 Å². The fourth-order valence-electron chi connectivity index (χ4n) is 3.71. The van der Waals surface area contributed by atoms with E-state index in [1.165, 1.54) is 5.56 Å². The molecule has 0 bridgehead atoms. The average molecular weight is 444 g/mol. The van der Waals surface area contributed by atoms with E-state index in [4.69, 9.17) is 16.3 Å². The number of urea groups is 1. The molecule has 0 spiro atoms. The number of piperidine rings is 1. The van der Waals surface area contributed by atoms with Crippen molar-refractivity contribution in [2.45, 2.75) is 32.6 Å². The van der Waals surface area contributed by atoms with E-state index in [1.54, 1.807) is 23.1 Å². The number of hydrogen-bond donors (Lipinski definition) is 2. The van der Waals surface area contributed by atoms with Crippen LogP contribution < -0.4 is 15.4 Å². The molecule has 6 nitrogen and oxygen atoms in total. The van der Waals surface area contributed by atoms with Gasteiger partial charge in [-0.2, -0.15) is 0 Å². The summed E-state index contributed by atoms with van der Waals surface area (Å²) in [4.78, 5) is 26.5. The summed E-state index contributed by atoms with van der Waals surface area (Å²) in [6.07, 6.45) is 2.96. The predicted molar refractivity (Wildman–Crippen MR) is 124 cm³/mol. The summed E-state index contributed by atoms with van der Waals surface area (Å²) in [6, 6.07) is 15.0. The number of ether oxygens (including phenoxy) is 1. The van der Waals surface area contributed by atoms with Crippen LogP contribution >= 0.6 is 11.6 Å². The smallest absolute Gasteiger partial charge is 0.321 e. The van der Waals surface area contributed by atoms with E-state index in [2.05, 4.69) is 10.6 Å². The summed E-state index contributed by atoms with van der Waals surface area (Å²) in [7, 11) is 0. The molecule has 0 aromatic heterocycles. The second kappa shape index (κ2) is 11.6. The molecule has 1 saturated heterocycles. The molecule has 0 aliphatic carbocycles. The molecule has 0 radical (unpaired) electrons. The van der Waals surface area contributed by atoms with Gasteiger partial charge in [0.1, 0.15) is 5.75 Å². The van der Waals surface area contributed by atoms with Crippen LogP contribution in [0.3, 0.4) is 0 Å². The SMILES string of the molecule is CCOc1ccc(CCNC(=O)CC2CCN(C(=O)Nc3cccc(Cl)c3)CC2)cc1. The molecular weight excluding hydrogens is 414 g/mol. The highest BCUT2D eigenvalue weighted by Gasteiger charge is 2.24. The third kappa shape index (κ3) is 7.47. The average Bonchev–Trinajstić information content (AvgIpc) is 2.76. The van der Waals surface area contributed by atoms with E-state index in [0.717, 1.165) is 25.0 Å². The standard InChI is InChI=1S/C24H30ClN3O3/c1-2-31-22-8-6-18(7-9-22)10-13-26-23(29)16-19-11-14-28(15-12-19)24(30)27-21-5-3-4-20(25)17-21/h3-9,17,19H,2,10-16H2,1H3,(H,26,29)(H,27,30). The minimum absolute atomic E-state index is 0.0766. The number of nitrogens with zero attached hydrogens (tertiary/aromatic N) is 1. The highest BCUT2D eigenvalue weighted by atomic mass is 35.5. The first-order valence-corrected chi connectivity index (χ1v) is 11.2. The molecule has 2 aromatic rings. The van der Waals surface area contributed by atoms with Gasteiger partial charge in [-0.3, -0.25) is 4.79 Å². The molecule has 3 rings (SSSR count). The van der Waals surface area contributed by atoms with E-state index < -0.39 is 0 Å². The van der Waals surface area contributed by atoms with Gasteiger partial charge in [0.2, 0.25) is 5.91 Å². The largest absolute Gasteiger partial charge is 0.494 e. The molecule has 166 valence electrons. The number of carbonyl (C=O) groups excluding carboxylic acids is 2. The maximum atomic E-state index is 12.4. The lowest BCUT2D eigenvalue weighted by Gasteiger charge is -2.31. The third-order valence-corrected chi connectivity index (χ3v) is 5.66. The Bertz CT molecular complexity index is 865. The van der Waals surface area contributed by atoms with Crippen LogP contribution in [0.15, 0.2) is 48.5 Å². The van der Waals surface area contributed by atoms with Gasteiger partial charge in [-0.15, -0.1) is 0 Å². The Labute approximate surface area is 188 Å². The zero-order chi connectivity index (χ0) is 22.1. The maximum absolute atomic E-state index is 12.4. The van der Waals surface area contributed by atoms with E-state index in [1.807, 2.05) is 37.3 Å². The topological polar surface area (TPSA) is 70.7 Å². The summed E-state index contributed by atoms with van der Waals surface area (Å²) in [5.41, 5.74) is 1.86. The third-order valence-electron chi connectivity index (χ3n) is 5.42. The molecule has 3 amide bonds. The van der Waals surface area contributed by atoms with Crippen molar-refractivity contribution in [1.82, 2.24) is 10.2 Å². The number of nitrogens with one attached hydrogen (secondary N) is 2. The van der Waals surface area contributed by atoms with Crippen molar-refractivity contribution in [3.63, 3.8) is 0 Å². The first-order chi connectivity index (χ1) is 15.0. The van der Waals surface area contributed by atoms with E-state index in [-0.39, 0.29) is 11.9 Å². The second-order valence-corrected chi connectivity index (χ2v) is 8.19. The minimum Gasteiger partial charge on any atom is -0.494 e. The van der Waals surface area contributed by atoms with E-state index in [0.29, 0.717) is 49.3 Å². The second-order valence-electron chi connectivity index (χ2n) is 7.75. The maximum Gasteiger partial charge on any atom is 0.321 e. The quantitative estimate of drug-likeness (QED) is 0.619. The first-order valence-electron chi connectivity index (χ1n) is 10.8. The Morgan fingerprint density at radius 2 is 1.87 bits per heavy atom. The van der Waals surface area contributed by atoms with Gasteiger partial charge in [-0.05, 0) is 68.0 Å². The zero-order valence-corrected chi connectivity index (χ0v) is 18.7. The lowest BCUT2D eigenvalue weighted by Crippen LogP contribution is -2.42. The molecule has 1 aliphatic rings. The molecule has 7 heteroatoms. The summed E-state index contributed by atoms with van der Waals surface area (Å²) in [6.45, 7) is 4.53. The summed E-state index contributed by atoms with van der Waals surface area (Å²) < 4.78 is 5.44. The number of rotatable bonds is 8. The number of carbonyl (C=O) groups is 2. The molecule has 1 heterocycles. The summed E-state index contributed by atoms with van der Waals surface area (Å²) in [5.74, 6) is 1.25. The Balaban J connectivity index is 1.33.